The number of carbonyl (C=O) groups is 6. The molecule has 49 heavy (non-hydrogen) atoms. The minimum Gasteiger partial charge on any atom is -0.462 e. The molecule has 0 unspecified atom stereocenters. The summed E-state index contributed by atoms with van der Waals surface area (Å²) in [5, 5.41) is 5.69. The molecule has 0 saturated carbocycles. The largest absolute Gasteiger partial charge is 0.462 e. The van der Waals surface area contributed by atoms with Crippen LogP contribution in [0.15, 0.2) is 72.8 Å². The van der Waals surface area contributed by atoms with Gasteiger partial charge in [0, 0.05) is 29.6 Å². The first-order valence-electron chi connectivity index (χ1n) is 15.2. The lowest BCUT2D eigenvalue weighted by molar-refractivity contribution is -0.148. The van der Waals surface area contributed by atoms with Crippen molar-refractivity contribution in [2.75, 3.05) is 44.1 Å². The number of rotatable bonds is 16. The Labute approximate surface area is 283 Å². The SMILES string of the molecule is C=C(C)C(=O)OCCOC(=O)c1cc(C(=O)OCCOC(=O)C(C)C)c(C(=O)Nc2ccc(Oc3ccc(NC)cc3)cc2)cc1C(C)=O. The third-order valence-corrected chi connectivity index (χ3v) is 6.64. The van der Waals surface area contributed by atoms with Gasteiger partial charge < -0.3 is 34.3 Å². The molecule has 3 aromatic carbocycles. The van der Waals surface area contributed by atoms with E-state index in [1.165, 1.54) is 13.8 Å². The number of ether oxygens (including phenoxy) is 5. The Bertz CT molecular complexity index is 1710. The van der Waals surface area contributed by atoms with Crippen LogP contribution in [0.25, 0.3) is 0 Å². The fraction of sp³-hybridized carbons (Fsp3) is 0.278. The monoisotopic (exact) mass is 674 g/mol. The molecule has 3 aromatic rings. The van der Waals surface area contributed by atoms with E-state index in [-0.39, 0.29) is 54.3 Å². The molecule has 13 nitrogen and oxygen atoms in total. The Hall–Kier alpha value is -5.98. The molecule has 0 spiro atoms. The average molecular weight is 675 g/mol. The number of benzene rings is 3. The maximum Gasteiger partial charge on any atom is 0.339 e. The van der Waals surface area contributed by atoms with Crippen LogP contribution >= 0.6 is 0 Å². The number of carbonyl (C=O) groups excluding carboxylic acids is 6. The summed E-state index contributed by atoms with van der Waals surface area (Å²) in [6.07, 6.45) is 0. The van der Waals surface area contributed by atoms with Gasteiger partial charge in [0.1, 0.15) is 37.9 Å². The first kappa shape index (κ1) is 37.5. The summed E-state index contributed by atoms with van der Waals surface area (Å²) < 4.78 is 26.2. The molecule has 0 bridgehead atoms. The van der Waals surface area contributed by atoms with Crippen LogP contribution in [0.3, 0.4) is 0 Å². The van der Waals surface area contributed by atoms with Crippen LogP contribution in [0.5, 0.6) is 11.5 Å². The number of hydrogen-bond donors (Lipinski definition) is 2. The standard InChI is InChI=1S/C36H38N2O11/c1-21(2)33(41)45-15-17-47-35(43)30-20-31(36(44)48-18-16-46-34(42)22(3)4)29(19-28(30)23(5)39)32(40)38-25-9-13-27(14-10-25)49-26-11-7-24(37-6)8-12-26/h7-14,19-20,22,37H,1,15-18H2,2-6H3,(H,38,40). The fourth-order valence-corrected chi connectivity index (χ4v) is 4.04. The predicted molar refractivity (Wildman–Crippen MR) is 179 cm³/mol. The summed E-state index contributed by atoms with van der Waals surface area (Å²) in [5.74, 6) is -3.91. The maximum atomic E-state index is 13.5. The molecule has 13 heteroatoms. The second-order valence-electron chi connectivity index (χ2n) is 10.9. The van der Waals surface area contributed by atoms with E-state index in [9.17, 15) is 28.8 Å². The van der Waals surface area contributed by atoms with Gasteiger partial charge in [-0.15, -0.1) is 0 Å². The van der Waals surface area contributed by atoms with E-state index >= 15 is 0 Å². The van der Waals surface area contributed by atoms with Crippen molar-refractivity contribution in [2.24, 2.45) is 5.92 Å². The zero-order valence-corrected chi connectivity index (χ0v) is 27.9. The van der Waals surface area contributed by atoms with Gasteiger partial charge in [0.25, 0.3) is 5.91 Å². The maximum absolute atomic E-state index is 13.5. The minimum absolute atomic E-state index is 0.154. The van der Waals surface area contributed by atoms with Crippen LogP contribution < -0.4 is 15.4 Å². The molecule has 0 atom stereocenters. The molecule has 0 aliphatic rings. The van der Waals surface area contributed by atoms with Crippen molar-refractivity contribution >= 4 is 46.9 Å². The van der Waals surface area contributed by atoms with Crippen LogP contribution in [0.4, 0.5) is 11.4 Å². The third-order valence-electron chi connectivity index (χ3n) is 6.64. The lowest BCUT2D eigenvalue weighted by Crippen LogP contribution is -2.23. The molecule has 0 fully saturated rings. The number of hydrogen-bond acceptors (Lipinski definition) is 12. The molecule has 2 N–H and O–H groups in total. The van der Waals surface area contributed by atoms with Crippen molar-refractivity contribution in [3.63, 3.8) is 0 Å². The molecular formula is C36H38N2O11. The summed E-state index contributed by atoms with van der Waals surface area (Å²) in [5.41, 5.74) is 0.250. The van der Waals surface area contributed by atoms with Crippen molar-refractivity contribution in [3.8, 4) is 11.5 Å². The quantitative estimate of drug-likeness (QED) is 0.0634. The summed E-state index contributed by atoms with van der Waals surface area (Å²) in [4.78, 5) is 75.8. The molecule has 258 valence electrons. The number of Topliss-reactive ketones (excluding diaryl/α,β-unsaturated/α-hetero) is 1. The lowest BCUT2D eigenvalue weighted by Gasteiger charge is -2.15. The highest BCUT2D eigenvalue weighted by molar-refractivity contribution is 6.15. The number of nitrogens with one attached hydrogen (secondary N) is 2. The Morgan fingerprint density at radius 2 is 1.12 bits per heavy atom. The molecule has 0 heterocycles. The average Bonchev–Trinajstić information content (AvgIpc) is 3.08. The lowest BCUT2D eigenvalue weighted by atomic mass is 9.95. The van der Waals surface area contributed by atoms with E-state index < -0.39 is 41.5 Å². The highest BCUT2D eigenvalue weighted by Gasteiger charge is 2.27. The number of amides is 1. The van der Waals surface area contributed by atoms with Crippen LogP contribution in [0.2, 0.25) is 0 Å². The van der Waals surface area contributed by atoms with Gasteiger partial charge in [-0.1, -0.05) is 20.4 Å². The van der Waals surface area contributed by atoms with E-state index in [1.54, 1.807) is 57.3 Å². The third kappa shape index (κ3) is 11.1. The first-order valence-corrected chi connectivity index (χ1v) is 15.2. The predicted octanol–water partition coefficient (Wildman–Crippen LogP) is 5.61. The van der Waals surface area contributed by atoms with Gasteiger partial charge in [0.05, 0.1) is 22.6 Å². The molecule has 0 aliphatic carbocycles. The van der Waals surface area contributed by atoms with E-state index in [0.29, 0.717) is 17.2 Å². The molecule has 0 aliphatic heterocycles. The van der Waals surface area contributed by atoms with E-state index in [0.717, 1.165) is 17.8 Å². The van der Waals surface area contributed by atoms with Crippen LogP contribution in [0, 0.1) is 5.92 Å². The van der Waals surface area contributed by atoms with Crippen LogP contribution in [-0.2, 0) is 28.5 Å². The van der Waals surface area contributed by atoms with Crippen molar-refractivity contribution in [1.29, 1.82) is 0 Å². The zero-order valence-electron chi connectivity index (χ0n) is 27.9. The van der Waals surface area contributed by atoms with Crippen LogP contribution in [0.1, 0.15) is 69.1 Å². The molecule has 0 radical (unpaired) electrons. The summed E-state index contributed by atoms with van der Waals surface area (Å²) in [6.45, 7) is 8.13. The van der Waals surface area contributed by atoms with Gasteiger partial charge in [0.15, 0.2) is 5.78 Å². The molecule has 3 rings (SSSR count). The molecule has 1 amide bonds. The second-order valence-corrected chi connectivity index (χ2v) is 10.9. The van der Waals surface area contributed by atoms with E-state index in [2.05, 4.69) is 17.2 Å². The Balaban J connectivity index is 1.85. The molecule has 0 saturated heterocycles. The normalized spacial score (nSPS) is 10.4. The first-order chi connectivity index (χ1) is 23.3. The smallest absolute Gasteiger partial charge is 0.339 e. The molecular weight excluding hydrogens is 636 g/mol. The van der Waals surface area contributed by atoms with Gasteiger partial charge in [-0.3, -0.25) is 14.4 Å². The Kier molecular flexibility index (Phi) is 13.6. The van der Waals surface area contributed by atoms with Gasteiger partial charge in [-0.2, -0.15) is 0 Å². The minimum atomic E-state index is -1.03. The second kappa shape index (κ2) is 17.8. The Morgan fingerprint density at radius 1 is 0.653 bits per heavy atom. The zero-order chi connectivity index (χ0) is 36.1. The van der Waals surface area contributed by atoms with Gasteiger partial charge in [0.2, 0.25) is 0 Å². The highest BCUT2D eigenvalue weighted by Crippen LogP contribution is 2.26. The van der Waals surface area contributed by atoms with Crippen molar-refractivity contribution in [2.45, 2.75) is 27.7 Å². The van der Waals surface area contributed by atoms with Crippen molar-refractivity contribution in [1.82, 2.24) is 0 Å². The van der Waals surface area contributed by atoms with Crippen LogP contribution in [-0.4, -0.2) is 69.0 Å². The van der Waals surface area contributed by atoms with E-state index in [4.69, 9.17) is 23.7 Å². The summed E-state index contributed by atoms with van der Waals surface area (Å²) >= 11 is 0. The number of ketones is 1. The van der Waals surface area contributed by atoms with Gasteiger partial charge in [-0.25, -0.2) is 14.4 Å². The van der Waals surface area contributed by atoms with Gasteiger partial charge in [-0.05, 0) is 74.5 Å². The van der Waals surface area contributed by atoms with Crippen molar-refractivity contribution in [3.05, 3.63) is 95.1 Å². The van der Waals surface area contributed by atoms with E-state index in [1.807, 2.05) is 12.1 Å². The summed E-state index contributed by atoms with van der Waals surface area (Å²) in [6, 6.07) is 15.8. The Morgan fingerprint density at radius 3 is 1.61 bits per heavy atom. The topological polar surface area (TPSA) is 173 Å². The molecule has 0 aromatic heterocycles. The number of esters is 4. The van der Waals surface area contributed by atoms with Crippen molar-refractivity contribution < 1.29 is 52.5 Å². The number of anilines is 2. The highest BCUT2D eigenvalue weighted by atomic mass is 16.6. The van der Waals surface area contributed by atoms with Gasteiger partial charge >= 0.3 is 23.9 Å². The summed E-state index contributed by atoms with van der Waals surface area (Å²) in [7, 11) is 1.81. The fourth-order valence-electron chi connectivity index (χ4n) is 4.04.